The number of carbonyl (C=O) groups is 1. The van der Waals surface area contributed by atoms with E-state index in [2.05, 4.69) is 4.85 Å². The molecular formula is C19H12ClNO2. The number of para-hydroxylation sites is 1. The maximum Gasteiger partial charge on any atom is 0.337 e. The number of ether oxygens (including phenoxy) is 1. The quantitative estimate of drug-likeness (QED) is 0.461. The lowest BCUT2D eigenvalue weighted by Gasteiger charge is -2.11. The van der Waals surface area contributed by atoms with Crippen molar-refractivity contribution in [2.75, 3.05) is 7.11 Å². The second-order valence-corrected chi connectivity index (χ2v) is 5.39. The van der Waals surface area contributed by atoms with E-state index in [-0.39, 0.29) is 0 Å². The van der Waals surface area contributed by atoms with Gasteiger partial charge in [0.1, 0.15) is 0 Å². The summed E-state index contributed by atoms with van der Waals surface area (Å²) in [5.74, 6) is -0.391. The van der Waals surface area contributed by atoms with Crippen molar-refractivity contribution in [3.8, 4) is 11.1 Å². The second-order valence-electron chi connectivity index (χ2n) is 4.98. The highest BCUT2D eigenvalue weighted by molar-refractivity contribution is 6.34. The molecule has 0 unspecified atom stereocenters. The molecule has 112 valence electrons. The van der Waals surface area contributed by atoms with Crippen LogP contribution in [-0.4, -0.2) is 13.1 Å². The Hall–Kier alpha value is -2.83. The number of nitrogens with zero attached hydrogens (tertiary/aromatic N) is 1. The third kappa shape index (κ3) is 2.65. The molecule has 0 aromatic heterocycles. The number of methoxy groups -OCH3 is 1. The first-order chi connectivity index (χ1) is 11.2. The molecule has 3 rings (SSSR count). The molecule has 0 atom stereocenters. The van der Waals surface area contributed by atoms with Crippen molar-refractivity contribution >= 4 is 34.0 Å². The van der Waals surface area contributed by atoms with Crippen LogP contribution in [0.5, 0.6) is 0 Å². The van der Waals surface area contributed by atoms with Crippen LogP contribution in [0.1, 0.15) is 10.4 Å². The van der Waals surface area contributed by atoms with Gasteiger partial charge >= 0.3 is 5.97 Å². The van der Waals surface area contributed by atoms with E-state index in [0.717, 1.165) is 21.9 Å². The largest absolute Gasteiger partial charge is 0.465 e. The van der Waals surface area contributed by atoms with Gasteiger partial charge in [-0.3, -0.25) is 0 Å². The van der Waals surface area contributed by atoms with E-state index in [1.54, 1.807) is 18.2 Å². The van der Waals surface area contributed by atoms with Crippen molar-refractivity contribution < 1.29 is 9.53 Å². The van der Waals surface area contributed by atoms with Crippen molar-refractivity contribution in [1.29, 1.82) is 0 Å². The molecule has 0 spiro atoms. The van der Waals surface area contributed by atoms with E-state index in [1.807, 2.05) is 36.4 Å². The summed E-state index contributed by atoms with van der Waals surface area (Å²) < 4.78 is 4.79. The van der Waals surface area contributed by atoms with Gasteiger partial charge in [-0.05, 0) is 34.0 Å². The number of benzene rings is 3. The smallest absolute Gasteiger partial charge is 0.337 e. The minimum absolute atomic E-state index is 0.391. The van der Waals surface area contributed by atoms with Crippen LogP contribution >= 0.6 is 11.6 Å². The molecule has 0 amide bonds. The summed E-state index contributed by atoms with van der Waals surface area (Å²) >= 11 is 6.15. The Kier molecular flexibility index (Phi) is 4.01. The molecule has 0 aliphatic heterocycles. The summed E-state index contributed by atoms with van der Waals surface area (Å²) in [7, 11) is 1.35. The SMILES string of the molecule is [C-]#[N+]c1c(Cl)cccc1-c1cccc2ccc(C(=O)OC)cc12. The lowest BCUT2D eigenvalue weighted by molar-refractivity contribution is 0.0601. The number of fused-ring (bicyclic) bond motifs is 1. The summed E-state index contributed by atoms with van der Waals surface area (Å²) in [4.78, 5) is 15.3. The van der Waals surface area contributed by atoms with Crippen LogP contribution in [0.2, 0.25) is 5.02 Å². The number of hydrogen-bond acceptors (Lipinski definition) is 2. The average molecular weight is 322 g/mol. The molecule has 23 heavy (non-hydrogen) atoms. The summed E-state index contributed by atoms with van der Waals surface area (Å²) in [6.07, 6.45) is 0. The number of rotatable bonds is 2. The molecule has 0 N–H and O–H groups in total. The topological polar surface area (TPSA) is 30.7 Å². The lowest BCUT2D eigenvalue weighted by atomic mass is 9.95. The molecule has 0 radical (unpaired) electrons. The van der Waals surface area contributed by atoms with Crippen LogP contribution in [0.3, 0.4) is 0 Å². The van der Waals surface area contributed by atoms with Crippen molar-refractivity contribution in [2.45, 2.75) is 0 Å². The first kappa shape index (κ1) is 15.1. The zero-order valence-corrected chi connectivity index (χ0v) is 13.1. The van der Waals surface area contributed by atoms with E-state index in [9.17, 15) is 4.79 Å². The molecule has 0 saturated carbocycles. The maximum absolute atomic E-state index is 11.8. The number of halogens is 1. The number of carbonyl (C=O) groups excluding carboxylic acids is 1. The monoisotopic (exact) mass is 321 g/mol. The minimum atomic E-state index is -0.391. The Labute approximate surface area is 138 Å². The molecule has 3 aromatic carbocycles. The molecule has 3 aromatic rings. The van der Waals surface area contributed by atoms with Gasteiger partial charge in [0.15, 0.2) is 0 Å². The van der Waals surface area contributed by atoms with E-state index in [1.165, 1.54) is 7.11 Å². The first-order valence-electron chi connectivity index (χ1n) is 6.93. The molecular weight excluding hydrogens is 310 g/mol. The summed E-state index contributed by atoms with van der Waals surface area (Å²) in [6, 6.07) is 16.6. The van der Waals surface area contributed by atoms with E-state index in [4.69, 9.17) is 22.9 Å². The molecule has 0 fully saturated rings. The van der Waals surface area contributed by atoms with Crippen LogP contribution in [0, 0.1) is 6.57 Å². The van der Waals surface area contributed by atoms with Crippen LogP contribution < -0.4 is 0 Å². The maximum atomic E-state index is 11.8. The lowest BCUT2D eigenvalue weighted by Crippen LogP contribution is -2.00. The Morgan fingerprint density at radius 1 is 1.09 bits per heavy atom. The van der Waals surface area contributed by atoms with Gasteiger partial charge in [0, 0.05) is 5.02 Å². The molecule has 0 bridgehead atoms. The highest BCUT2D eigenvalue weighted by Crippen LogP contribution is 2.39. The van der Waals surface area contributed by atoms with Gasteiger partial charge in [0.25, 0.3) is 0 Å². The molecule has 0 aliphatic carbocycles. The highest BCUT2D eigenvalue weighted by Gasteiger charge is 2.13. The zero-order chi connectivity index (χ0) is 16.4. The minimum Gasteiger partial charge on any atom is -0.465 e. The van der Waals surface area contributed by atoms with Gasteiger partial charge < -0.3 is 4.74 Å². The Bertz CT molecular complexity index is 957. The van der Waals surface area contributed by atoms with Crippen LogP contribution in [0.25, 0.3) is 26.7 Å². The van der Waals surface area contributed by atoms with E-state index >= 15 is 0 Å². The standard InChI is InChI=1S/C19H12ClNO2/c1-21-18-15(7-4-8-17(18)20)14-6-3-5-12-9-10-13(11-16(12)14)19(22)23-2/h3-11H,2H3. The van der Waals surface area contributed by atoms with Gasteiger partial charge in [-0.1, -0.05) is 54.1 Å². The fourth-order valence-electron chi connectivity index (χ4n) is 2.60. The van der Waals surface area contributed by atoms with Gasteiger partial charge in [0.05, 0.1) is 19.2 Å². The first-order valence-corrected chi connectivity index (χ1v) is 7.31. The van der Waals surface area contributed by atoms with Gasteiger partial charge in [-0.25, -0.2) is 9.64 Å². The molecule has 0 aliphatic rings. The average Bonchev–Trinajstić information content (AvgIpc) is 2.59. The number of hydrogen-bond donors (Lipinski definition) is 0. The van der Waals surface area contributed by atoms with Crippen molar-refractivity contribution in [2.24, 2.45) is 0 Å². The van der Waals surface area contributed by atoms with Crippen molar-refractivity contribution in [3.63, 3.8) is 0 Å². The van der Waals surface area contributed by atoms with Gasteiger partial charge in [-0.15, -0.1) is 0 Å². The Balaban J connectivity index is 2.32. The predicted octanol–water partition coefficient (Wildman–Crippen LogP) is 5.50. The Morgan fingerprint density at radius 3 is 2.57 bits per heavy atom. The van der Waals surface area contributed by atoms with Gasteiger partial charge in [-0.2, -0.15) is 0 Å². The fraction of sp³-hybridized carbons (Fsp3) is 0.0526. The summed E-state index contributed by atoms with van der Waals surface area (Å²) in [5.41, 5.74) is 2.49. The fourth-order valence-corrected chi connectivity index (χ4v) is 2.82. The van der Waals surface area contributed by atoms with E-state index in [0.29, 0.717) is 16.3 Å². The van der Waals surface area contributed by atoms with Crippen LogP contribution in [0.15, 0.2) is 54.6 Å². The van der Waals surface area contributed by atoms with Crippen molar-refractivity contribution in [1.82, 2.24) is 0 Å². The second kappa shape index (κ2) is 6.12. The van der Waals surface area contributed by atoms with Crippen molar-refractivity contribution in [3.05, 3.63) is 76.6 Å². The van der Waals surface area contributed by atoms with Crippen LogP contribution in [0.4, 0.5) is 5.69 Å². The molecule has 4 heteroatoms. The normalized spacial score (nSPS) is 10.3. The third-order valence-corrected chi connectivity index (χ3v) is 4.00. The molecule has 0 saturated heterocycles. The zero-order valence-electron chi connectivity index (χ0n) is 12.3. The van der Waals surface area contributed by atoms with Crippen LogP contribution in [-0.2, 0) is 4.74 Å². The Morgan fingerprint density at radius 2 is 1.83 bits per heavy atom. The highest BCUT2D eigenvalue weighted by atomic mass is 35.5. The summed E-state index contributed by atoms with van der Waals surface area (Å²) in [5, 5.41) is 2.27. The molecule has 0 heterocycles. The van der Waals surface area contributed by atoms with Gasteiger partial charge in [0.2, 0.25) is 5.69 Å². The predicted molar refractivity (Wildman–Crippen MR) is 92.0 cm³/mol. The molecule has 3 nitrogen and oxygen atoms in total. The van der Waals surface area contributed by atoms with E-state index < -0.39 is 5.97 Å². The third-order valence-electron chi connectivity index (χ3n) is 3.69. The number of esters is 1. The summed E-state index contributed by atoms with van der Waals surface area (Å²) in [6.45, 7) is 7.39.